The normalized spacial score (nSPS) is 29.4. The van der Waals surface area contributed by atoms with Crippen molar-refractivity contribution < 1.29 is 4.79 Å². The SMILES string of the molecule is CC(c1ccc(Cl)cc1)N(C)C(=O)C1CC2CCC1C2. The van der Waals surface area contributed by atoms with Crippen molar-refractivity contribution in [2.24, 2.45) is 17.8 Å². The zero-order valence-corrected chi connectivity index (χ0v) is 12.9. The van der Waals surface area contributed by atoms with Crippen molar-refractivity contribution in [1.82, 2.24) is 4.90 Å². The smallest absolute Gasteiger partial charge is 0.226 e. The summed E-state index contributed by atoms with van der Waals surface area (Å²) in [4.78, 5) is 14.6. The Kier molecular flexibility index (Phi) is 3.76. The second-order valence-corrected chi connectivity index (χ2v) is 6.89. The summed E-state index contributed by atoms with van der Waals surface area (Å²) >= 11 is 5.92. The molecule has 2 aliphatic carbocycles. The van der Waals surface area contributed by atoms with Crippen molar-refractivity contribution >= 4 is 17.5 Å². The van der Waals surface area contributed by atoms with Crippen molar-refractivity contribution in [3.05, 3.63) is 34.9 Å². The van der Waals surface area contributed by atoms with Gasteiger partial charge < -0.3 is 4.90 Å². The van der Waals surface area contributed by atoms with Crippen LogP contribution in [0.15, 0.2) is 24.3 Å². The summed E-state index contributed by atoms with van der Waals surface area (Å²) in [5.41, 5.74) is 1.15. The standard InChI is InChI=1S/C17H22ClNO/c1-11(13-5-7-15(18)8-6-13)19(2)17(20)16-10-12-3-4-14(16)9-12/h5-8,11-12,14,16H,3-4,9-10H2,1-2H3. The Bertz CT molecular complexity index is 498. The van der Waals surface area contributed by atoms with Crippen molar-refractivity contribution in [2.45, 2.75) is 38.6 Å². The molecule has 4 unspecified atom stereocenters. The minimum absolute atomic E-state index is 0.110. The van der Waals surface area contributed by atoms with E-state index in [1.807, 2.05) is 36.2 Å². The van der Waals surface area contributed by atoms with Crippen molar-refractivity contribution in [3.63, 3.8) is 0 Å². The molecule has 2 fully saturated rings. The summed E-state index contributed by atoms with van der Waals surface area (Å²) in [5.74, 6) is 2.06. The zero-order valence-electron chi connectivity index (χ0n) is 12.2. The number of fused-ring (bicyclic) bond motifs is 2. The molecule has 0 heterocycles. The topological polar surface area (TPSA) is 20.3 Å². The lowest BCUT2D eigenvalue weighted by molar-refractivity contribution is -0.137. The van der Waals surface area contributed by atoms with E-state index in [1.165, 1.54) is 19.3 Å². The van der Waals surface area contributed by atoms with Crippen LogP contribution in [-0.2, 0) is 4.79 Å². The highest BCUT2D eigenvalue weighted by Crippen LogP contribution is 2.49. The van der Waals surface area contributed by atoms with Crippen LogP contribution in [0.4, 0.5) is 0 Å². The number of carbonyl (C=O) groups is 1. The van der Waals surface area contributed by atoms with E-state index >= 15 is 0 Å². The van der Waals surface area contributed by atoms with E-state index < -0.39 is 0 Å². The number of hydrogen-bond acceptors (Lipinski definition) is 1. The summed E-state index contributed by atoms with van der Waals surface area (Å²) < 4.78 is 0. The molecule has 0 spiro atoms. The molecule has 3 heteroatoms. The molecule has 108 valence electrons. The third-order valence-electron chi connectivity index (χ3n) is 5.34. The molecule has 2 nitrogen and oxygen atoms in total. The van der Waals surface area contributed by atoms with Gasteiger partial charge in [0.15, 0.2) is 0 Å². The summed E-state index contributed by atoms with van der Waals surface area (Å²) in [6.45, 7) is 2.09. The van der Waals surface area contributed by atoms with Crippen molar-refractivity contribution in [3.8, 4) is 0 Å². The van der Waals surface area contributed by atoms with E-state index in [2.05, 4.69) is 6.92 Å². The molecule has 0 N–H and O–H groups in total. The first-order valence-corrected chi connectivity index (χ1v) is 7.96. The predicted molar refractivity (Wildman–Crippen MR) is 81.6 cm³/mol. The maximum atomic E-state index is 12.7. The molecule has 1 aromatic rings. The van der Waals surface area contributed by atoms with E-state index in [4.69, 9.17) is 11.6 Å². The van der Waals surface area contributed by atoms with E-state index in [-0.39, 0.29) is 12.0 Å². The molecular formula is C17H22ClNO. The van der Waals surface area contributed by atoms with Gasteiger partial charge in [-0.25, -0.2) is 0 Å². The van der Waals surface area contributed by atoms with Crippen molar-refractivity contribution in [2.75, 3.05) is 7.05 Å². The van der Waals surface area contributed by atoms with Crippen LogP contribution in [0.5, 0.6) is 0 Å². The molecule has 0 radical (unpaired) electrons. The first-order chi connectivity index (χ1) is 9.56. The number of nitrogens with zero attached hydrogens (tertiary/aromatic N) is 1. The second kappa shape index (κ2) is 5.40. The Morgan fingerprint density at radius 3 is 2.50 bits per heavy atom. The summed E-state index contributed by atoms with van der Waals surface area (Å²) in [7, 11) is 1.94. The summed E-state index contributed by atoms with van der Waals surface area (Å²) in [6.07, 6.45) is 4.98. The molecule has 2 saturated carbocycles. The molecule has 2 aliphatic rings. The minimum atomic E-state index is 0.110. The quantitative estimate of drug-likeness (QED) is 0.813. The fourth-order valence-corrected chi connectivity index (χ4v) is 4.09. The molecule has 2 bridgehead atoms. The van der Waals surface area contributed by atoms with Gasteiger partial charge in [0.1, 0.15) is 0 Å². The lowest BCUT2D eigenvalue weighted by atomic mass is 9.87. The van der Waals surface area contributed by atoms with Gasteiger partial charge in [-0.1, -0.05) is 30.2 Å². The molecular weight excluding hydrogens is 270 g/mol. The second-order valence-electron chi connectivity index (χ2n) is 6.46. The molecule has 20 heavy (non-hydrogen) atoms. The highest BCUT2D eigenvalue weighted by atomic mass is 35.5. The molecule has 0 aliphatic heterocycles. The minimum Gasteiger partial charge on any atom is -0.339 e. The average molecular weight is 292 g/mol. The fourth-order valence-electron chi connectivity index (χ4n) is 3.96. The average Bonchev–Trinajstić information content (AvgIpc) is 3.08. The molecule has 1 aromatic carbocycles. The molecule has 3 rings (SSSR count). The number of halogens is 1. The molecule has 0 aromatic heterocycles. The van der Waals surface area contributed by atoms with Crippen LogP contribution in [0.1, 0.15) is 44.2 Å². The first-order valence-electron chi connectivity index (χ1n) is 7.58. The van der Waals surface area contributed by atoms with E-state index in [1.54, 1.807) is 0 Å². The van der Waals surface area contributed by atoms with Gasteiger partial charge in [0.25, 0.3) is 0 Å². The van der Waals surface area contributed by atoms with Gasteiger partial charge in [0.05, 0.1) is 6.04 Å². The van der Waals surface area contributed by atoms with Gasteiger partial charge in [-0.2, -0.15) is 0 Å². The van der Waals surface area contributed by atoms with Crippen LogP contribution in [-0.4, -0.2) is 17.9 Å². The lowest BCUT2D eigenvalue weighted by Gasteiger charge is -2.31. The third-order valence-corrected chi connectivity index (χ3v) is 5.59. The Morgan fingerprint density at radius 2 is 1.95 bits per heavy atom. The van der Waals surface area contributed by atoms with Gasteiger partial charge in [0, 0.05) is 18.0 Å². The number of carbonyl (C=O) groups excluding carboxylic acids is 1. The first kappa shape index (κ1) is 13.9. The van der Waals surface area contributed by atoms with Gasteiger partial charge in [-0.3, -0.25) is 4.79 Å². The number of benzene rings is 1. The monoisotopic (exact) mass is 291 g/mol. The summed E-state index contributed by atoms with van der Waals surface area (Å²) in [5, 5.41) is 0.739. The van der Waals surface area contributed by atoms with Crippen LogP contribution in [0.25, 0.3) is 0 Å². The van der Waals surface area contributed by atoms with E-state index in [0.717, 1.165) is 22.9 Å². The van der Waals surface area contributed by atoms with Crippen LogP contribution in [0.3, 0.4) is 0 Å². The van der Waals surface area contributed by atoms with Crippen molar-refractivity contribution in [1.29, 1.82) is 0 Å². The Labute approximate surface area is 126 Å². The van der Waals surface area contributed by atoms with Gasteiger partial charge in [-0.15, -0.1) is 0 Å². The molecule has 1 amide bonds. The highest BCUT2D eigenvalue weighted by molar-refractivity contribution is 6.30. The Hall–Kier alpha value is -1.02. The predicted octanol–water partition coefficient (Wildman–Crippen LogP) is 4.30. The van der Waals surface area contributed by atoms with Gasteiger partial charge in [-0.05, 0) is 55.7 Å². The van der Waals surface area contributed by atoms with E-state index in [9.17, 15) is 4.79 Å². The van der Waals surface area contributed by atoms with Gasteiger partial charge >= 0.3 is 0 Å². The largest absolute Gasteiger partial charge is 0.339 e. The van der Waals surface area contributed by atoms with Crippen LogP contribution >= 0.6 is 11.6 Å². The molecule has 4 atom stereocenters. The lowest BCUT2D eigenvalue weighted by Crippen LogP contribution is -2.37. The van der Waals surface area contributed by atoms with Crippen LogP contribution in [0, 0.1) is 17.8 Å². The van der Waals surface area contributed by atoms with Crippen LogP contribution in [0.2, 0.25) is 5.02 Å². The fraction of sp³-hybridized carbons (Fsp3) is 0.588. The Morgan fingerprint density at radius 1 is 1.25 bits per heavy atom. The number of rotatable bonds is 3. The van der Waals surface area contributed by atoms with Gasteiger partial charge in [0.2, 0.25) is 5.91 Å². The highest BCUT2D eigenvalue weighted by Gasteiger charge is 2.44. The zero-order chi connectivity index (χ0) is 14.3. The van der Waals surface area contributed by atoms with Crippen LogP contribution < -0.4 is 0 Å². The maximum absolute atomic E-state index is 12.7. The maximum Gasteiger partial charge on any atom is 0.226 e. The third kappa shape index (κ3) is 2.46. The summed E-state index contributed by atoms with van der Waals surface area (Å²) in [6, 6.07) is 7.92. The number of hydrogen-bond donors (Lipinski definition) is 0. The Balaban J connectivity index is 1.70. The molecule has 0 saturated heterocycles. The number of amides is 1. The van der Waals surface area contributed by atoms with E-state index in [0.29, 0.717) is 11.8 Å².